The van der Waals surface area contributed by atoms with Crippen molar-refractivity contribution in [1.82, 2.24) is 19.7 Å². The summed E-state index contributed by atoms with van der Waals surface area (Å²) in [6, 6.07) is 28.6. The topological polar surface area (TPSA) is 89.8 Å². The van der Waals surface area contributed by atoms with E-state index in [1.54, 1.807) is 59.3 Å². The van der Waals surface area contributed by atoms with Crippen molar-refractivity contribution in [1.29, 1.82) is 0 Å². The first-order chi connectivity index (χ1) is 16.5. The zero-order chi connectivity index (χ0) is 23.5. The third kappa shape index (κ3) is 4.41. The third-order valence-electron chi connectivity index (χ3n) is 5.14. The first-order valence-electron chi connectivity index (χ1n) is 10.3. The van der Waals surface area contributed by atoms with E-state index in [-0.39, 0.29) is 10.8 Å². The fourth-order valence-electron chi connectivity index (χ4n) is 3.48. The Bertz CT molecular complexity index is 1520. The molecule has 0 spiro atoms. The number of para-hydroxylation sites is 1. The molecule has 0 fully saturated rings. The van der Waals surface area contributed by atoms with Crippen LogP contribution in [0.25, 0.3) is 28.3 Å². The van der Waals surface area contributed by atoms with Crippen LogP contribution in [-0.4, -0.2) is 28.2 Å². The number of pyridine rings is 1. The molecule has 0 radical (unpaired) electrons. The van der Waals surface area contributed by atoms with Gasteiger partial charge in [0.15, 0.2) is 5.82 Å². The van der Waals surface area contributed by atoms with E-state index in [9.17, 15) is 8.42 Å². The maximum atomic E-state index is 13.2. The van der Waals surface area contributed by atoms with Crippen molar-refractivity contribution in [3.8, 4) is 28.3 Å². The van der Waals surface area contributed by atoms with Crippen LogP contribution < -0.4 is 4.72 Å². The molecule has 0 amide bonds. The summed E-state index contributed by atoms with van der Waals surface area (Å²) in [6.45, 7) is 0. The van der Waals surface area contributed by atoms with Gasteiger partial charge in [0.1, 0.15) is 5.69 Å². The molecule has 3 aromatic carbocycles. The highest BCUT2D eigenvalue weighted by Gasteiger charge is 2.22. The average Bonchev–Trinajstić information content (AvgIpc) is 3.28. The number of aromatic nitrogens is 4. The van der Waals surface area contributed by atoms with Gasteiger partial charge in [0.2, 0.25) is 5.95 Å². The molecule has 5 aromatic rings. The van der Waals surface area contributed by atoms with E-state index in [0.717, 1.165) is 11.1 Å². The Morgan fingerprint density at radius 1 is 0.735 bits per heavy atom. The van der Waals surface area contributed by atoms with E-state index in [2.05, 4.69) is 19.9 Å². The molecule has 5 rings (SSSR count). The van der Waals surface area contributed by atoms with Gasteiger partial charge in [0, 0.05) is 11.2 Å². The van der Waals surface area contributed by atoms with E-state index in [4.69, 9.17) is 11.6 Å². The van der Waals surface area contributed by atoms with Crippen LogP contribution in [0.1, 0.15) is 0 Å². The zero-order valence-electron chi connectivity index (χ0n) is 17.7. The van der Waals surface area contributed by atoms with Gasteiger partial charge in [-0.05, 0) is 59.7 Å². The molecule has 2 aromatic heterocycles. The molecule has 0 unspecified atom stereocenters. The molecule has 9 heteroatoms. The monoisotopic (exact) mass is 487 g/mol. The molecule has 2 heterocycles. The van der Waals surface area contributed by atoms with Crippen LogP contribution in [0.2, 0.25) is 5.02 Å². The van der Waals surface area contributed by atoms with Crippen molar-refractivity contribution >= 4 is 27.6 Å². The molecule has 0 saturated carbocycles. The molecular weight excluding hydrogens is 470 g/mol. The third-order valence-corrected chi connectivity index (χ3v) is 6.74. The quantitative estimate of drug-likeness (QED) is 0.344. The number of halogens is 1. The molecule has 0 aliphatic heterocycles. The van der Waals surface area contributed by atoms with Crippen molar-refractivity contribution in [2.75, 3.05) is 4.72 Å². The number of nitrogens with zero attached hydrogens (tertiary/aromatic N) is 4. The second-order valence-electron chi connectivity index (χ2n) is 7.37. The average molecular weight is 488 g/mol. The van der Waals surface area contributed by atoms with E-state index >= 15 is 0 Å². The smallest absolute Gasteiger partial charge is 0.259 e. The largest absolute Gasteiger partial charge is 0.264 e. The Kier molecular flexibility index (Phi) is 5.83. The highest BCUT2D eigenvalue weighted by atomic mass is 35.5. The summed E-state index contributed by atoms with van der Waals surface area (Å²) in [7, 11) is -3.93. The van der Waals surface area contributed by atoms with Crippen LogP contribution in [0.3, 0.4) is 0 Å². The molecule has 0 aliphatic carbocycles. The Hall–Kier alpha value is -4.01. The number of anilines is 1. The van der Waals surface area contributed by atoms with Gasteiger partial charge in [-0.1, -0.05) is 60.1 Å². The fourth-order valence-corrected chi connectivity index (χ4v) is 4.59. The van der Waals surface area contributed by atoms with Gasteiger partial charge in [-0.2, -0.15) is 0 Å². The highest BCUT2D eigenvalue weighted by molar-refractivity contribution is 7.92. The number of rotatable bonds is 6. The van der Waals surface area contributed by atoms with Crippen LogP contribution in [0.4, 0.5) is 5.95 Å². The lowest BCUT2D eigenvalue weighted by Gasteiger charge is -2.12. The summed E-state index contributed by atoms with van der Waals surface area (Å²) in [5, 5.41) is 8.98. The van der Waals surface area contributed by atoms with Gasteiger partial charge in [-0.25, -0.2) is 13.1 Å². The molecule has 0 atom stereocenters. The molecular formula is C25H18ClN5O2S. The Morgan fingerprint density at radius 3 is 2.03 bits per heavy atom. The molecule has 34 heavy (non-hydrogen) atoms. The number of sulfonamides is 1. The van der Waals surface area contributed by atoms with Gasteiger partial charge in [0.05, 0.1) is 10.6 Å². The first kappa shape index (κ1) is 21.8. The van der Waals surface area contributed by atoms with Crippen LogP contribution in [0.15, 0.2) is 108 Å². The summed E-state index contributed by atoms with van der Waals surface area (Å²) in [5.41, 5.74) is 3.08. The minimum absolute atomic E-state index is 0.0635. The fraction of sp³-hybridized carbons (Fsp3) is 0. The zero-order valence-corrected chi connectivity index (χ0v) is 19.3. The molecule has 1 N–H and O–H groups in total. The molecule has 0 aliphatic rings. The van der Waals surface area contributed by atoms with Crippen molar-refractivity contribution in [2.24, 2.45) is 0 Å². The van der Waals surface area contributed by atoms with Crippen molar-refractivity contribution in [2.45, 2.75) is 4.90 Å². The van der Waals surface area contributed by atoms with Gasteiger partial charge >= 0.3 is 0 Å². The minimum Gasteiger partial charge on any atom is -0.259 e. The van der Waals surface area contributed by atoms with E-state index in [1.807, 2.05) is 48.5 Å². The van der Waals surface area contributed by atoms with Crippen molar-refractivity contribution in [3.05, 3.63) is 108 Å². The van der Waals surface area contributed by atoms with Crippen LogP contribution in [0.5, 0.6) is 0 Å². The van der Waals surface area contributed by atoms with Crippen LogP contribution in [-0.2, 0) is 10.0 Å². The van der Waals surface area contributed by atoms with Crippen LogP contribution in [0, 0.1) is 0 Å². The lowest BCUT2D eigenvalue weighted by molar-refractivity contribution is 0.600. The Morgan fingerprint density at radius 2 is 1.38 bits per heavy atom. The standard InChI is InChI=1S/C25H18ClN5O2S/c26-20-13-9-18(10-14-20)19-11-15-22(16-12-19)34(32,33)30-25-29-28-24(23-8-4-5-17-27-23)31(25)21-6-2-1-3-7-21/h1-17H,(H,29,30). The number of nitrogens with one attached hydrogen (secondary N) is 1. The summed E-state index contributed by atoms with van der Waals surface area (Å²) in [6.07, 6.45) is 1.64. The van der Waals surface area contributed by atoms with Gasteiger partial charge < -0.3 is 0 Å². The van der Waals surface area contributed by atoms with Crippen molar-refractivity contribution < 1.29 is 8.42 Å². The predicted molar refractivity (Wildman–Crippen MR) is 132 cm³/mol. The molecule has 168 valence electrons. The lowest BCUT2D eigenvalue weighted by atomic mass is 10.1. The summed E-state index contributed by atoms with van der Waals surface area (Å²) in [4.78, 5) is 4.44. The number of hydrogen-bond acceptors (Lipinski definition) is 5. The normalized spacial score (nSPS) is 11.3. The predicted octanol–water partition coefficient (Wildman–Crippen LogP) is 5.45. The van der Waals surface area contributed by atoms with E-state index in [1.165, 1.54) is 0 Å². The second-order valence-corrected chi connectivity index (χ2v) is 9.49. The molecule has 7 nitrogen and oxygen atoms in total. The van der Waals surface area contributed by atoms with E-state index in [0.29, 0.717) is 22.2 Å². The maximum Gasteiger partial charge on any atom is 0.264 e. The number of hydrogen-bond donors (Lipinski definition) is 1. The Labute approximate surface area is 201 Å². The first-order valence-corrected chi connectivity index (χ1v) is 12.2. The second kappa shape index (κ2) is 9.09. The van der Waals surface area contributed by atoms with E-state index < -0.39 is 10.0 Å². The van der Waals surface area contributed by atoms with Gasteiger partial charge in [-0.3, -0.25) is 9.55 Å². The summed E-state index contributed by atoms with van der Waals surface area (Å²) < 4.78 is 30.6. The highest BCUT2D eigenvalue weighted by Crippen LogP contribution is 2.27. The number of benzene rings is 3. The van der Waals surface area contributed by atoms with Crippen LogP contribution >= 0.6 is 11.6 Å². The maximum absolute atomic E-state index is 13.2. The molecule has 0 bridgehead atoms. The molecule has 0 saturated heterocycles. The SMILES string of the molecule is O=S(=O)(Nc1nnc(-c2ccccn2)n1-c1ccccc1)c1ccc(-c2ccc(Cl)cc2)cc1. The van der Waals surface area contributed by atoms with Gasteiger partial charge in [0.25, 0.3) is 10.0 Å². The minimum atomic E-state index is -3.93. The lowest BCUT2D eigenvalue weighted by Crippen LogP contribution is -2.16. The van der Waals surface area contributed by atoms with Crippen molar-refractivity contribution in [3.63, 3.8) is 0 Å². The van der Waals surface area contributed by atoms with Gasteiger partial charge in [-0.15, -0.1) is 10.2 Å². The summed E-state index contributed by atoms with van der Waals surface area (Å²) in [5.74, 6) is 0.483. The summed E-state index contributed by atoms with van der Waals surface area (Å²) >= 11 is 5.95. The Balaban J connectivity index is 1.50.